The lowest BCUT2D eigenvalue weighted by molar-refractivity contribution is 0.886. The van der Waals surface area contributed by atoms with Gasteiger partial charge in [0.1, 0.15) is 0 Å². The van der Waals surface area contributed by atoms with Crippen molar-refractivity contribution in [2.24, 2.45) is 0 Å². The van der Waals surface area contributed by atoms with Gasteiger partial charge in [0, 0.05) is 22.0 Å². The van der Waals surface area contributed by atoms with Crippen LogP contribution in [0.1, 0.15) is 11.1 Å². The van der Waals surface area contributed by atoms with Crippen LogP contribution in [0.25, 0.3) is 17.1 Å². The Labute approximate surface area is 172 Å². The Morgan fingerprint density at radius 2 is 1.61 bits per heavy atom. The zero-order chi connectivity index (χ0) is 19.3. The van der Waals surface area contributed by atoms with E-state index >= 15 is 0 Å². The lowest BCUT2D eigenvalue weighted by atomic mass is 10.2. The van der Waals surface area contributed by atoms with Crippen LogP contribution in [0.2, 0.25) is 5.02 Å². The van der Waals surface area contributed by atoms with Crippen LogP contribution < -0.4 is 0 Å². The second-order valence-electron chi connectivity index (χ2n) is 6.08. The van der Waals surface area contributed by atoms with Gasteiger partial charge < -0.3 is 0 Å². The largest absolute Gasteiger partial charge is 0.270 e. The average Bonchev–Trinajstić information content (AvgIpc) is 3.17. The summed E-state index contributed by atoms with van der Waals surface area (Å²) in [6, 6.07) is 27.4. The number of para-hydroxylation sites is 1. The molecule has 28 heavy (non-hydrogen) atoms. The van der Waals surface area contributed by atoms with Gasteiger partial charge in [-0.05, 0) is 54.1 Å². The summed E-state index contributed by atoms with van der Waals surface area (Å²) >= 11 is 7.64. The van der Waals surface area contributed by atoms with E-state index in [9.17, 15) is 0 Å². The smallest absolute Gasteiger partial charge is 0.196 e. The molecule has 0 bridgehead atoms. The van der Waals surface area contributed by atoms with E-state index in [2.05, 4.69) is 20.8 Å². The van der Waals surface area contributed by atoms with E-state index in [-0.39, 0.29) is 0 Å². The molecule has 0 saturated heterocycles. The van der Waals surface area contributed by atoms with Crippen molar-refractivity contribution in [3.8, 4) is 23.1 Å². The van der Waals surface area contributed by atoms with Gasteiger partial charge in [-0.1, -0.05) is 53.7 Å². The van der Waals surface area contributed by atoms with Gasteiger partial charge in [-0.2, -0.15) is 5.26 Å². The van der Waals surface area contributed by atoms with Gasteiger partial charge in [-0.3, -0.25) is 4.57 Å². The Hall–Kier alpha value is -3.07. The molecule has 0 N–H and O–H groups in total. The van der Waals surface area contributed by atoms with Gasteiger partial charge in [0.2, 0.25) is 0 Å². The zero-order valence-corrected chi connectivity index (χ0v) is 16.4. The van der Waals surface area contributed by atoms with Crippen LogP contribution in [0.4, 0.5) is 0 Å². The standard InChI is InChI=1S/C22H15ClN4S/c23-19-12-10-18(11-13-19)21-25-26-22(27(21)20-4-2-1-3-5-20)28-15-17-8-6-16(14-24)7-9-17/h1-13H,15H2. The minimum atomic E-state index is 0.659. The van der Waals surface area contributed by atoms with E-state index in [1.807, 2.05) is 78.9 Å². The Kier molecular flexibility index (Phi) is 5.43. The molecule has 0 atom stereocenters. The van der Waals surface area contributed by atoms with E-state index in [1.165, 1.54) is 0 Å². The minimum Gasteiger partial charge on any atom is -0.270 e. The molecule has 3 aromatic carbocycles. The third-order valence-corrected chi connectivity index (χ3v) is 5.45. The Balaban J connectivity index is 1.68. The molecule has 4 aromatic rings. The average molecular weight is 403 g/mol. The van der Waals surface area contributed by atoms with Crippen LogP contribution in [-0.2, 0) is 5.75 Å². The van der Waals surface area contributed by atoms with Gasteiger partial charge >= 0.3 is 0 Å². The maximum absolute atomic E-state index is 8.94. The first-order valence-electron chi connectivity index (χ1n) is 8.63. The van der Waals surface area contributed by atoms with Crippen molar-refractivity contribution in [1.82, 2.24) is 14.8 Å². The molecule has 0 aliphatic heterocycles. The molecule has 0 radical (unpaired) electrons. The highest BCUT2D eigenvalue weighted by Crippen LogP contribution is 2.30. The molecule has 0 amide bonds. The molecule has 0 aliphatic carbocycles. The van der Waals surface area contributed by atoms with Gasteiger partial charge in [0.15, 0.2) is 11.0 Å². The van der Waals surface area contributed by atoms with Crippen molar-refractivity contribution >= 4 is 23.4 Å². The summed E-state index contributed by atoms with van der Waals surface area (Å²) in [6.07, 6.45) is 0. The van der Waals surface area contributed by atoms with Crippen molar-refractivity contribution in [2.75, 3.05) is 0 Å². The number of hydrogen-bond acceptors (Lipinski definition) is 4. The summed E-state index contributed by atoms with van der Waals surface area (Å²) in [5.41, 5.74) is 3.73. The van der Waals surface area contributed by atoms with Crippen molar-refractivity contribution < 1.29 is 0 Å². The van der Waals surface area contributed by atoms with Crippen LogP contribution >= 0.6 is 23.4 Å². The molecule has 1 heterocycles. The molecule has 4 nitrogen and oxygen atoms in total. The topological polar surface area (TPSA) is 54.5 Å². The normalized spacial score (nSPS) is 10.6. The van der Waals surface area contributed by atoms with E-state index in [4.69, 9.17) is 16.9 Å². The van der Waals surface area contributed by atoms with Gasteiger partial charge in [0.05, 0.1) is 11.6 Å². The quantitative estimate of drug-likeness (QED) is 0.399. The fourth-order valence-electron chi connectivity index (χ4n) is 2.78. The molecule has 0 aliphatic rings. The van der Waals surface area contributed by atoms with Crippen molar-refractivity contribution in [1.29, 1.82) is 5.26 Å². The highest BCUT2D eigenvalue weighted by atomic mass is 35.5. The molecule has 1 aromatic heterocycles. The highest BCUT2D eigenvalue weighted by molar-refractivity contribution is 7.98. The second kappa shape index (κ2) is 8.30. The van der Waals surface area contributed by atoms with Crippen molar-refractivity contribution in [3.05, 3.63) is 95.0 Å². The highest BCUT2D eigenvalue weighted by Gasteiger charge is 2.16. The minimum absolute atomic E-state index is 0.659. The zero-order valence-electron chi connectivity index (χ0n) is 14.8. The summed E-state index contributed by atoms with van der Waals surface area (Å²) in [4.78, 5) is 0. The molecule has 4 rings (SSSR count). The van der Waals surface area contributed by atoms with E-state index in [0.717, 1.165) is 33.5 Å². The summed E-state index contributed by atoms with van der Waals surface area (Å²) in [7, 11) is 0. The van der Waals surface area contributed by atoms with Gasteiger partial charge in [-0.15, -0.1) is 10.2 Å². The molecule has 136 valence electrons. The number of nitrogens with zero attached hydrogens (tertiary/aromatic N) is 4. The predicted octanol–water partition coefficient (Wildman–Crippen LogP) is 5.75. The van der Waals surface area contributed by atoms with Crippen LogP contribution in [0.5, 0.6) is 0 Å². The lowest BCUT2D eigenvalue weighted by Crippen LogP contribution is -1.99. The number of nitriles is 1. The van der Waals surface area contributed by atoms with Crippen molar-refractivity contribution in [2.45, 2.75) is 10.9 Å². The van der Waals surface area contributed by atoms with Gasteiger partial charge in [-0.25, -0.2) is 0 Å². The molecule has 0 spiro atoms. The molecule has 6 heteroatoms. The Morgan fingerprint density at radius 1 is 0.893 bits per heavy atom. The second-order valence-corrected chi connectivity index (χ2v) is 7.46. The number of rotatable bonds is 5. The molecule has 0 unspecified atom stereocenters. The maximum atomic E-state index is 8.94. The number of hydrogen-bond donors (Lipinski definition) is 0. The lowest BCUT2D eigenvalue weighted by Gasteiger charge is -2.10. The van der Waals surface area contributed by atoms with Crippen LogP contribution in [0.3, 0.4) is 0 Å². The SMILES string of the molecule is N#Cc1ccc(CSc2nnc(-c3ccc(Cl)cc3)n2-c2ccccc2)cc1. The molecular weight excluding hydrogens is 388 g/mol. The van der Waals surface area contributed by atoms with Gasteiger partial charge in [0.25, 0.3) is 0 Å². The number of thioether (sulfide) groups is 1. The summed E-state index contributed by atoms with van der Waals surface area (Å²) in [6.45, 7) is 0. The molecule has 0 saturated carbocycles. The summed E-state index contributed by atoms with van der Waals surface area (Å²) in [5, 5.41) is 19.3. The van der Waals surface area contributed by atoms with Crippen molar-refractivity contribution in [3.63, 3.8) is 0 Å². The van der Waals surface area contributed by atoms with E-state index in [0.29, 0.717) is 10.6 Å². The van der Waals surface area contributed by atoms with E-state index in [1.54, 1.807) is 11.8 Å². The maximum Gasteiger partial charge on any atom is 0.196 e. The summed E-state index contributed by atoms with van der Waals surface area (Å²) in [5.74, 6) is 1.50. The monoisotopic (exact) mass is 402 g/mol. The first-order chi connectivity index (χ1) is 13.7. The predicted molar refractivity (Wildman–Crippen MR) is 113 cm³/mol. The molecule has 0 fully saturated rings. The van der Waals surface area contributed by atoms with Crippen LogP contribution in [0, 0.1) is 11.3 Å². The first kappa shape index (κ1) is 18.3. The number of aromatic nitrogens is 3. The Morgan fingerprint density at radius 3 is 2.29 bits per heavy atom. The number of benzene rings is 3. The fourth-order valence-corrected chi connectivity index (χ4v) is 3.82. The van der Waals surface area contributed by atoms with E-state index < -0.39 is 0 Å². The third kappa shape index (κ3) is 3.94. The first-order valence-corrected chi connectivity index (χ1v) is 9.99. The third-order valence-electron chi connectivity index (χ3n) is 4.20. The van der Waals surface area contributed by atoms with Crippen LogP contribution in [-0.4, -0.2) is 14.8 Å². The summed E-state index contributed by atoms with van der Waals surface area (Å²) < 4.78 is 2.05. The number of halogens is 1. The van der Waals surface area contributed by atoms with Crippen LogP contribution in [0.15, 0.2) is 84.0 Å². The molecular formula is C22H15ClN4S. The Bertz CT molecular complexity index is 1110. The fraction of sp³-hybridized carbons (Fsp3) is 0.0455.